The van der Waals surface area contributed by atoms with Gasteiger partial charge in [0.25, 0.3) is 0 Å². The molecule has 0 bridgehead atoms. The Morgan fingerprint density at radius 1 is 1.21 bits per heavy atom. The molecule has 3 N–H and O–H groups in total. The lowest BCUT2D eigenvalue weighted by atomic mass is 9.78. The molecular formula is C13H20BrN5. The Hall–Kier alpha value is -0.880. The number of hydrogen-bond acceptors (Lipinski definition) is 5. The zero-order valence-corrected chi connectivity index (χ0v) is 12.6. The lowest BCUT2D eigenvalue weighted by molar-refractivity contribution is 0.242. The number of nitrogens with two attached hydrogens (primary N) is 1. The van der Waals surface area contributed by atoms with Crippen molar-refractivity contribution >= 4 is 27.6 Å². The molecule has 6 heteroatoms. The summed E-state index contributed by atoms with van der Waals surface area (Å²) in [5.41, 5.74) is 2.62. The van der Waals surface area contributed by atoms with Crippen LogP contribution in [0.3, 0.4) is 0 Å². The minimum Gasteiger partial charge on any atom is -0.352 e. The molecule has 2 atom stereocenters. The van der Waals surface area contributed by atoms with E-state index in [1.165, 1.54) is 38.5 Å². The maximum absolute atomic E-state index is 5.49. The minimum absolute atomic E-state index is 0.638. The van der Waals surface area contributed by atoms with Crippen LogP contribution in [0.15, 0.2) is 10.8 Å². The van der Waals surface area contributed by atoms with Gasteiger partial charge in [0.15, 0.2) is 5.82 Å². The number of piperidine rings is 1. The van der Waals surface area contributed by atoms with E-state index in [4.69, 9.17) is 5.84 Å². The Bertz CT molecular complexity index is 451. The second-order valence-electron chi connectivity index (χ2n) is 5.45. The zero-order chi connectivity index (χ0) is 13.2. The molecule has 0 spiro atoms. The van der Waals surface area contributed by atoms with Crippen molar-refractivity contribution in [3.8, 4) is 0 Å². The van der Waals surface area contributed by atoms with Crippen molar-refractivity contribution < 1.29 is 0 Å². The van der Waals surface area contributed by atoms with Gasteiger partial charge in [-0.25, -0.2) is 15.8 Å². The number of halogens is 1. The third kappa shape index (κ3) is 2.43. The third-order valence-electron chi connectivity index (χ3n) is 4.42. The summed E-state index contributed by atoms with van der Waals surface area (Å²) in [4.78, 5) is 11.1. The van der Waals surface area contributed by atoms with E-state index in [0.29, 0.717) is 11.9 Å². The first-order chi connectivity index (χ1) is 9.31. The smallest absolute Gasteiger partial charge is 0.159 e. The average Bonchev–Trinajstić information content (AvgIpc) is 2.47. The molecule has 104 valence electrons. The lowest BCUT2D eigenvalue weighted by Gasteiger charge is -2.45. The van der Waals surface area contributed by atoms with Crippen LogP contribution >= 0.6 is 15.9 Å². The van der Waals surface area contributed by atoms with E-state index in [2.05, 4.69) is 36.2 Å². The highest BCUT2D eigenvalue weighted by molar-refractivity contribution is 9.10. The molecule has 1 saturated heterocycles. The summed E-state index contributed by atoms with van der Waals surface area (Å²) in [5, 5.41) is 0. The first-order valence-electron chi connectivity index (χ1n) is 7.05. The zero-order valence-electron chi connectivity index (χ0n) is 11.0. The molecule has 3 rings (SSSR count). The summed E-state index contributed by atoms with van der Waals surface area (Å²) in [6, 6.07) is 0.638. The SMILES string of the molecule is NNc1ncnc(N2CCCC3CCCCC32)c1Br. The molecule has 1 aliphatic heterocycles. The summed E-state index contributed by atoms with van der Waals surface area (Å²) >= 11 is 3.58. The highest BCUT2D eigenvalue weighted by atomic mass is 79.9. The molecule has 5 nitrogen and oxygen atoms in total. The van der Waals surface area contributed by atoms with E-state index in [-0.39, 0.29) is 0 Å². The Morgan fingerprint density at radius 2 is 2.00 bits per heavy atom. The van der Waals surface area contributed by atoms with Crippen LogP contribution in [0.1, 0.15) is 38.5 Å². The quantitative estimate of drug-likeness (QED) is 0.646. The standard InChI is InChI=1S/C13H20BrN5/c14-11-12(18-15)16-8-17-13(11)19-7-3-5-9-4-1-2-6-10(9)19/h8-10H,1-7,15H2,(H,16,17,18). The van der Waals surface area contributed by atoms with Gasteiger partial charge in [-0.05, 0) is 47.5 Å². The first kappa shape index (κ1) is 13.1. The number of hydrazine groups is 1. The van der Waals surface area contributed by atoms with Crippen molar-refractivity contribution in [3.63, 3.8) is 0 Å². The predicted molar refractivity (Wildman–Crippen MR) is 79.9 cm³/mol. The number of anilines is 2. The molecule has 2 unspecified atom stereocenters. The van der Waals surface area contributed by atoms with Crippen molar-refractivity contribution in [2.75, 3.05) is 16.9 Å². The van der Waals surface area contributed by atoms with Crippen LogP contribution < -0.4 is 16.2 Å². The van der Waals surface area contributed by atoms with Crippen LogP contribution in [0.2, 0.25) is 0 Å². The molecule has 2 aliphatic rings. The summed E-state index contributed by atoms with van der Waals surface area (Å²) in [5.74, 6) is 7.97. The minimum atomic E-state index is 0.638. The van der Waals surface area contributed by atoms with Gasteiger partial charge in [-0.2, -0.15) is 0 Å². The van der Waals surface area contributed by atoms with E-state index in [9.17, 15) is 0 Å². The van der Waals surface area contributed by atoms with Crippen molar-refractivity contribution in [3.05, 3.63) is 10.8 Å². The third-order valence-corrected chi connectivity index (χ3v) is 5.15. The molecule has 1 aromatic heterocycles. The fourth-order valence-electron chi connectivity index (χ4n) is 3.55. The van der Waals surface area contributed by atoms with Gasteiger partial charge >= 0.3 is 0 Å². The van der Waals surface area contributed by atoms with E-state index < -0.39 is 0 Å². The molecule has 0 radical (unpaired) electrons. The van der Waals surface area contributed by atoms with E-state index in [1.807, 2.05) is 0 Å². The maximum Gasteiger partial charge on any atom is 0.159 e. The largest absolute Gasteiger partial charge is 0.352 e. The van der Waals surface area contributed by atoms with Crippen LogP contribution in [0.4, 0.5) is 11.6 Å². The summed E-state index contributed by atoms with van der Waals surface area (Å²) in [6.07, 6.45) is 9.58. The van der Waals surface area contributed by atoms with Gasteiger partial charge in [0, 0.05) is 12.6 Å². The fraction of sp³-hybridized carbons (Fsp3) is 0.692. The molecule has 0 aromatic carbocycles. The van der Waals surface area contributed by atoms with Gasteiger partial charge in [-0.1, -0.05) is 12.8 Å². The second-order valence-corrected chi connectivity index (χ2v) is 6.24. The lowest BCUT2D eigenvalue weighted by Crippen LogP contribution is -2.47. The van der Waals surface area contributed by atoms with Crippen molar-refractivity contribution in [1.29, 1.82) is 0 Å². The van der Waals surface area contributed by atoms with E-state index in [0.717, 1.165) is 22.8 Å². The number of aromatic nitrogens is 2. The summed E-state index contributed by atoms with van der Waals surface area (Å²) in [6.45, 7) is 1.08. The average molecular weight is 326 g/mol. The highest BCUT2D eigenvalue weighted by Gasteiger charge is 2.34. The molecule has 1 aliphatic carbocycles. The molecular weight excluding hydrogens is 306 g/mol. The van der Waals surface area contributed by atoms with Crippen LogP contribution in [0.5, 0.6) is 0 Å². The predicted octanol–water partition coefficient (Wildman–Crippen LogP) is 2.68. The summed E-state index contributed by atoms with van der Waals surface area (Å²) < 4.78 is 0.878. The van der Waals surface area contributed by atoms with E-state index >= 15 is 0 Å². The molecule has 19 heavy (non-hydrogen) atoms. The Labute approximate surface area is 122 Å². The van der Waals surface area contributed by atoms with Crippen molar-refractivity contribution in [2.24, 2.45) is 11.8 Å². The van der Waals surface area contributed by atoms with Gasteiger partial charge in [-0.15, -0.1) is 0 Å². The molecule has 0 amide bonds. The van der Waals surface area contributed by atoms with Crippen molar-refractivity contribution in [2.45, 2.75) is 44.6 Å². The van der Waals surface area contributed by atoms with Crippen LogP contribution in [-0.2, 0) is 0 Å². The normalized spacial score (nSPS) is 26.9. The second kappa shape index (κ2) is 5.63. The van der Waals surface area contributed by atoms with Crippen LogP contribution in [0, 0.1) is 5.92 Å². The number of rotatable bonds is 2. The fourth-order valence-corrected chi connectivity index (χ4v) is 4.10. The number of nitrogens with zero attached hydrogens (tertiary/aromatic N) is 3. The topological polar surface area (TPSA) is 67.1 Å². The van der Waals surface area contributed by atoms with Crippen LogP contribution in [0.25, 0.3) is 0 Å². The molecule has 1 saturated carbocycles. The number of hydrogen-bond donors (Lipinski definition) is 2. The molecule has 1 aromatic rings. The Balaban J connectivity index is 1.91. The van der Waals surface area contributed by atoms with Crippen molar-refractivity contribution in [1.82, 2.24) is 9.97 Å². The number of nitrogens with one attached hydrogen (secondary N) is 1. The Morgan fingerprint density at radius 3 is 2.84 bits per heavy atom. The summed E-state index contributed by atoms with van der Waals surface area (Å²) in [7, 11) is 0. The highest BCUT2D eigenvalue weighted by Crippen LogP contribution is 2.40. The van der Waals surface area contributed by atoms with Gasteiger partial charge < -0.3 is 10.3 Å². The van der Waals surface area contributed by atoms with Gasteiger partial charge in [0.05, 0.1) is 0 Å². The first-order valence-corrected chi connectivity index (χ1v) is 7.84. The molecule has 2 fully saturated rings. The number of nitrogen functional groups attached to an aromatic ring is 1. The van der Waals surface area contributed by atoms with Gasteiger partial charge in [0.1, 0.15) is 16.6 Å². The number of fused-ring (bicyclic) bond motifs is 1. The van der Waals surface area contributed by atoms with Gasteiger partial charge in [-0.3, -0.25) is 0 Å². The Kier molecular flexibility index (Phi) is 3.88. The molecule has 2 heterocycles. The van der Waals surface area contributed by atoms with Gasteiger partial charge in [0.2, 0.25) is 0 Å². The van der Waals surface area contributed by atoms with Crippen LogP contribution in [-0.4, -0.2) is 22.6 Å². The monoisotopic (exact) mass is 325 g/mol. The van der Waals surface area contributed by atoms with E-state index in [1.54, 1.807) is 6.33 Å². The maximum atomic E-state index is 5.49.